The fourth-order valence-corrected chi connectivity index (χ4v) is 3.39. The molecule has 0 aliphatic carbocycles. The quantitative estimate of drug-likeness (QED) is 0.630. The van der Waals surface area contributed by atoms with E-state index in [0.717, 1.165) is 5.69 Å². The van der Waals surface area contributed by atoms with Crippen molar-refractivity contribution < 1.29 is 23.2 Å². The van der Waals surface area contributed by atoms with Crippen molar-refractivity contribution in [1.82, 2.24) is 10.1 Å². The molecule has 0 bridgehead atoms. The van der Waals surface area contributed by atoms with Gasteiger partial charge in [-0.25, -0.2) is 4.39 Å². The van der Waals surface area contributed by atoms with Crippen LogP contribution in [0.4, 0.5) is 10.1 Å². The summed E-state index contributed by atoms with van der Waals surface area (Å²) in [6.07, 6.45) is 0.249. The van der Waals surface area contributed by atoms with Crippen molar-refractivity contribution in [1.29, 1.82) is 0 Å². The normalized spacial score (nSPS) is 16.3. The zero-order chi connectivity index (χ0) is 20.4. The van der Waals surface area contributed by atoms with E-state index in [1.54, 1.807) is 11.0 Å². The van der Waals surface area contributed by atoms with Crippen molar-refractivity contribution in [2.45, 2.75) is 19.3 Å². The second-order valence-electron chi connectivity index (χ2n) is 6.61. The highest BCUT2D eigenvalue weighted by Gasteiger charge is 2.36. The molecule has 8 heteroatoms. The SMILES string of the molecule is CCOc1ccccc1N1CC(c2nc(-c3ccc(OC)c(F)c3)no2)CC1=O. The summed E-state index contributed by atoms with van der Waals surface area (Å²) in [5.41, 5.74) is 1.19. The second kappa shape index (κ2) is 7.90. The monoisotopic (exact) mass is 397 g/mol. The van der Waals surface area contributed by atoms with E-state index in [-0.39, 0.29) is 29.8 Å². The molecule has 1 unspecified atom stereocenters. The van der Waals surface area contributed by atoms with Crippen LogP contribution < -0.4 is 14.4 Å². The molecule has 1 atom stereocenters. The van der Waals surface area contributed by atoms with Gasteiger partial charge in [0.25, 0.3) is 0 Å². The summed E-state index contributed by atoms with van der Waals surface area (Å²) < 4.78 is 29.9. The van der Waals surface area contributed by atoms with Gasteiger partial charge < -0.3 is 18.9 Å². The van der Waals surface area contributed by atoms with E-state index >= 15 is 0 Å². The fraction of sp³-hybridized carbons (Fsp3) is 0.286. The number of rotatable bonds is 6. The molecule has 1 fully saturated rings. The first-order valence-corrected chi connectivity index (χ1v) is 9.30. The summed E-state index contributed by atoms with van der Waals surface area (Å²) in [7, 11) is 1.40. The molecule has 0 saturated carbocycles. The molecular formula is C21H20FN3O4. The number of carbonyl (C=O) groups excluding carboxylic acids is 1. The number of benzene rings is 2. The highest BCUT2D eigenvalue weighted by molar-refractivity contribution is 5.97. The fourth-order valence-electron chi connectivity index (χ4n) is 3.39. The van der Waals surface area contributed by atoms with Crippen LogP contribution in [0.2, 0.25) is 0 Å². The minimum atomic E-state index is -0.508. The molecule has 1 aromatic heterocycles. The zero-order valence-electron chi connectivity index (χ0n) is 16.1. The number of amides is 1. The van der Waals surface area contributed by atoms with E-state index < -0.39 is 5.82 Å². The van der Waals surface area contributed by atoms with Gasteiger partial charge in [0, 0.05) is 18.5 Å². The summed E-state index contributed by atoms with van der Waals surface area (Å²) in [6, 6.07) is 11.9. The predicted octanol–water partition coefficient (Wildman–Crippen LogP) is 3.80. The van der Waals surface area contributed by atoms with Gasteiger partial charge in [-0.1, -0.05) is 17.3 Å². The standard InChI is InChI=1S/C21H20FN3O4/c1-3-28-18-7-5-4-6-16(18)25-12-14(11-19(25)26)21-23-20(24-29-21)13-8-9-17(27-2)15(22)10-13/h4-10,14H,3,11-12H2,1-2H3. The molecule has 2 aromatic carbocycles. The number of nitrogens with zero attached hydrogens (tertiary/aromatic N) is 3. The topological polar surface area (TPSA) is 77.7 Å². The molecule has 2 heterocycles. The predicted molar refractivity (Wildman–Crippen MR) is 104 cm³/mol. The van der Waals surface area contributed by atoms with Crippen LogP contribution >= 0.6 is 0 Å². The lowest BCUT2D eigenvalue weighted by atomic mass is 10.1. The maximum absolute atomic E-state index is 14.0. The van der Waals surface area contributed by atoms with Crippen LogP contribution in [0, 0.1) is 5.82 Å². The number of hydrogen-bond donors (Lipinski definition) is 0. The highest BCUT2D eigenvalue weighted by atomic mass is 19.1. The Balaban J connectivity index is 1.55. The van der Waals surface area contributed by atoms with E-state index in [0.29, 0.717) is 30.4 Å². The largest absolute Gasteiger partial charge is 0.494 e. The summed E-state index contributed by atoms with van der Waals surface area (Å²) in [5, 5.41) is 3.95. The lowest BCUT2D eigenvalue weighted by Gasteiger charge is -2.19. The highest BCUT2D eigenvalue weighted by Crippen LogP contribution is 2.36. The van der Waals surface area contributed by atoms with Crippen molar-refractivity contribution in [2.75, 3.05) is 25.2 Å². The molecular weight excluding hydrogens is 377 g/mol. The molecule has 150 valence electrons. The van der Waals surface area contributed by atoms with Gasteiger partial charge in [0.2, 0.25) is 17.6 Å². The van der Waals surface area contributed by atoms with Crippen molar-refractivity contribution in [2.24, 2.45) is 0 Å². The number of para-hydroxylation sites is 2. The van der Waals surface area contributed by atoms with Crippen molar-refractivity contribution >= 4 is 11.6 Å². The van der Waals surface area contributed by atoms with Crippen LogP contribution in [0.5, 0.6) is 11.5 Å². The third kappa shape index (κ3) is 3.65. The first-order chi connectivity index (χ1) is 14.1. The van der Waals surface area contributed by atoms with E-state index in [1.165, 1.54) is 19.2 Å². The minimum absolute atomic E-state index is 0.0441. The maximum atomic E-state index is 14.0. The summed E-state index contributed by atoms with van der Waals surface area (Å²) in [5.74, 6) is 0.611. The summed E-state index contributed by atoms with van der Waals surface area (Å²) >= 11 is 0. The number of hydrogen-bond acceptors (Lipinski definition) is 6. The lowest BCUT2D eigenvalue weighted by molar-refractivity contribution is -0.117. The number of methoxy groups -OCH3 is 1. The van der Waals surface area contributed by atoms with Crippen LogP contribution in [-0.4, -0.2) is 36.3 Å². The summed E-state index contributed by atoms with van der Waals surface area (Å²) in [4.78, 5) is 18.7. The van der Waals surface area contributed by atoms with Gasteiger partial charge in [0.15, 0.2) is 11.6 Å². The van der Waals surface area contributed by atoms with Gasteiger partial charge in [-0.15, -0.1) is 0 Å². The Bertz CT molecular complexity index is 1040. The van der Waals surface area contributed by atoms with Crippen molar-refractivity contribution in [3.8, 4) is 22.9 Å². The van der Waals surface area contributed by atoms with E-state index in [9.17, 15) is 9.18 Å². The maximum Gasteiger partial charge on any atom is 0.232 e. The molecule has 1 amide bonds. The molecule has 29 heavy (non-hydrogen) atoms. The number of ether oxygens (including phenoxy) is 2. The van der Waals surface area contributed by atoms with Gasteiger partial charge in [-0.3, -0.25) is 4.79 Å². The van der Waals surface area contributed by atoms with Crippen LogP contribution in [0.15, 0.2) is 47.0 Å². The molecule has 0 spiro atoms. The van der Waals surface area contributed by atoms with E-state index in [4.69, 9.17) is 14.0 Å². The average Bonchev–Trinajstić information content (AvgIpc) is 3.36. The molecule has 3 aromatic rings. The Hall–Kier alpha value is -3.42. The Morgan fingerprint density at radius 2 is 2.07 bits per heavy atom. The number of anilines is 1. The average molecular weight is 397 g/mol. The number of halogens is 1. The Morgan fingerprint density at radius 1 is 1.24 bits per heavy atom. The van der Waals surface area contributed by atoms with E-state index in [1.807, 2.05) is 31.2 Å². The first-order valence-electron chi connectivity index (χ1n) is 9.30. The lowest BCUT2D eigenvalue weighted by Crippen LogP contribution is -2.25. The molecule has 1 aliphatic heterocycles. The molecule has 0 N–H and O–H groups in total. The van der Waals surface area contributed by atoms with Gasteiger partial charge >= 0.3 is 0 Å². The Labute approximate surface area is 167 Å². The third-order valence-corrected chi connectivity index (χ3v) is 4.78. The van der Waals surface area contributed by atoms with Crippen LogP contribution in [0.1, 0.15) is 25.2 Å². The number of carbonyl (C=O) groups is 1. The minimum Gasteiger partial charge on any atom is -0.494 e. The van der Waals surface area contributed by atoms with Gasteiger partial charge in [-0.2, -0.15) is 4.98 Å². The van der Waals surface area contributed by atoms with E-state index in [2.05, 4.69) is 10.1 Å². The smallest absolute Gasteiger partial charge is 0.232 e. The van der Waals surface area contributed by atoms with Gasteiger partial charge in [0.1, 0.15) is 5.75 Å². The molecule has 7 nitrogen and oxygen atoms in total. The Morgan fingerprint density at radius 3 is 2.83 bits per heavy atom. The van der Waals surface area contributed by atoms with Crippen molar-refractivity contribution in [3.63, 3.8) is 0 Å². The first kappa shape index (κ1) is 18.9. The Kier molecular flexibility index (Phi) is 5.16. The second-order valence-corrected chi connectivity index (χ2v) is 6.61. The van der Waals surface area contributed by atoms with Gasteiger partial charge in [0.05, 0.1) is 25.3 Å². The van der Waals surface area contributed by atoms with Crippen molar-refractivity contribution in [3.05, 3.63) is 54.2 Å². The van der Waals surface area contributed by atoms with Gasteiger partial charge in [-0.05, 0) is 37.3 Å². The summed E-state index contributed by atoms with van der Waals surface area (Å²) in [6.45, 7) is 2.81. The van der Waals surface area contributed by atoms with Crippen LogP contribution in [-0.2, 0) is 4.79 Å². The van der Waals surface area contributed by atoms with Crippen LogP contribution in [0.3, 0.4) is 0 Å². The molecule has 4 rings (SSSR count). The number of aromatic nitrogens is 2. The molecule has 1 saturated heterocycles. The van der Waals surface area contributed by atoms with Crippen LogP contribution in [0.25, 0.3) is 11.4 Å². The zero-order valence-corrected chi connectivity index (χ0v) is 16.1. The molecule has 0 radical (unpaired) electrons. The molecule has 1 aliphatic rings. The third-order valence-electron chi connectivity index (χ3n) is 4.78.